The van der Waals surface area contributed by atoms with Gasteiger partial charge in [-0.2, -0.15) is 0 Å². The lowest BCUT2D eigenvalue weighted by Gasteiger charge is -2.20. The first kappa shape index (κ1) is 13.4. The summed E-state index contributed by atoms with van der Waals surface area (Å²) in [6.07, 6.45) is 1.06. The molecule has 0 amide bonds. The molecule has 6 heteroatoms. The predicted molar refractivity (Wildman–Crippen MR) is 64.1 cm³/mol. The fourth-order valence-electron chi connectivity index (χ4n) is 1.41. The highest BCUT2D eigenvalue weighted by Gasteiger charge is 2.28. The van der Waals surface area contributed by atoms with Crippen LogP contribution in [0.25, 0.3) is 0 Å². The van der Waals surface area contributed by atoms with Crippen molar-refractivity contribution in [3.8, 4) is 0 Å². The van der Waals surface area contributed by atoms with Gasteiger partial charge in [0.25, 0.3) is 0 Å². The summed E-state index contributed by atoms with van der Waals surface area (Å²) < 4.78 is 22.8. The molecule has 90 valence electrons. The van der Waals surface area contributed by atoms with Crippen molar-refractivity contribution < 1.29 is 13.5 Å². The summed E-state index contributed by atoms with van der Waals surface area (Å²) in [4.78, 5) is 0. The molecule has 2 atom stereocenters. The molecular formula is C10H14ClNO3S. The van der Waals surface area contributed by atoms with Crippen LogP contribution in [0.3, 0.4) is 0 Å². The van der Waals surface area contributed by atoms with E-state index in [2.05, 4.69) is 0 Å². The molecule has 0 aliphatic heterocycles. The minimum Gasteiger partial charge on any atom is -0.395 e. The van der Waals surface area contributed by atoms with Gasteiger partial charge < -0.3 is 10.8 Å². The van der Waals surface area contributed by atoms with Gasteiger partial charge in [0.15, 0.2) is 9.84 Å². The Morgan fingerprint density at radius 3 is 2.25 bits per heavy atom. The molecule has 1 rings (SSSR count). The lowest BCUT2D eigenvalue weighted by atomic mass is 10.1. The van der Waals surface area contributed by atoms with Crippen molar-refractivity contribution >= 4 is 21.4 Å². The molecule has 4 nitrogen and oxygen atoms in total. The average Bonchev–Trinajstić information content (AvgIpc) is 2.17. The lowest BCUT2D eigenvalue weighted by Crippen LogP contribution is -2.36. The Morgan fingerprint density at radius 1 is 1.38 bits per heavy atom. The normalized spacial score (nSPS) is 15.8. The van der Waals surface area contributed by atoms with Crippen LogP contribution < -0.4 is 5.73 Å². The van der Waals surface area contributed by atoms with Crippen LogP contribution >= 0.6 is 11.6 Å². The second-order valence-electron chi connectivity index (χ2n) is 3.63. The summed E-state index contributed by atoms with van der Waals surface area (Å²) in [5.41, 5.74) is 6.44. The minimum atomic E-state index is -3.38. The number of rotatable bonds is 4. The molecule has 0 unspecified atom stereocenters. The molecule has 0 radical (unpaired) electrons. The van der Waals surface area contributed by atoms with E-state index in [9.17, 15) is 8.42 Å². The fourth-order valence-corrected chi connectivity index (χ4v) is 2.50. The number of halogens is 1. The molecule has 1 aromatic rings. The van der Waals surface area contributed by atoms with Gasteiger partial charge in [-0.05, 0) is 17.7 Å². The first-order valence-corrected chi connectivity index (χ1v) is 7.00. The highest BCUT2D eigenvalue weighted by molar-refractivity contribution is 7.91. The van der Waals surface area contributed by atoms with Crippen LogP contribution in [-0.2, 0) is 9.84 Å². The summed E-state index contributed by atoms with van der Waals surface area (Å²) in [7, 11) is -3.38. The fraction of sp³-hybridized carbons (Fsp3) is 0.400. The topological polar surface area (TPSA) is 80.4 Å². The van der Waals surface area contributed by atoms with Gasteiger partial charge >= 0.3 is 0 Å². The summed E-state index contributed by atoms with van der Waals surface area (Å²) in [6.45, 7) is -0.497. The van der Waals surface area contributed by atoms with Gasteiger partial charge in [0.2, 0.25) is 0 Å². The standard InChI is InChI=1S/C10H14ClNO3S/c1-16(14,15)9(6-13)10(12)7-2-4-8(11)5-3-7/h2-5,9-10,13H,6,12H2,1H3/t9-,10+/m0/s1. The smallest absolute Gasteiger partial charge is 0.154 e. The molecule has 0 fully saturated rings. The summed E-state index contributed by atoms with van der Waals surface area (Å²) >= 11 is 5.71. The van der Waals surface area contributed by atoms with Gasteiger partial charge in [-0.1, -0.05) is 23.7 Å². The van der Waals surface area contributed by atoms with Gasteiger partial charge in [-0.15, -0.1) is 0 Å². The van der Waals surface area contributed by atoms with Crippen molar-refractivity contribution in [2.75, 3.05) is 12.9 Å². The van der Waals surface area contributed by atoms with Crippen molar-refractivity contribution in [1.29, 1.82) is 0 Å². The number of sulfone groups is 1. The van der Waals surface area contributed by atoms with Crippen LogP contribution in [0, 0.1) is 0 Å². The first-order chi connectivity index (χ1) is 7.36. The quantitative estimate of drug-likeness (QED) is 0.840. The largest absolute Gasteiger partial charge is 0.395 e. The van der Waals surface area contributed by atoms with E-state index in [1.54, 1.807) is 24.3 Å². The zero-order valence-corrected chi connectivity index (χ0v) is 10.4. The third kappa shape index (κ3) is 3.18. The molecule has 3 N–H and O–H groups in total. The molecule has 0 bridgehead atoms. The maximum Gasteiger partial charge on any atom is 0.154 e. The summed E-state index contributed by atoms with van der Waals surface area (Å²) in [5.74, 6) is 0. The number of nitrogens with two attached hydrogens (primary N) is 1. The van der Waals surface area contributed by atoms with Crippen molar-refractivity contribution in [2.45, 2.75) is 11.3 Å². The number of aliphatic hydroxyl groups is 1. The molecule has 0 spiro atoms. The average molecular weight is 264 g/mol. The Bertz CT molecular complexity index is 444. The number of hydrogen-bond acceptors (Lipinski definition) is 4. The first-order valence-electron chi connectivity index (χ1n) is 4.67. The molecule has 0 aliphatic rings. The van der Waals surface area contributed by atoms with E-state index in [1.807, 2.05) is 0 Å². The van der Waals surface area contributed by atoms with Gasteiger partial charge in [0, 0.05) is 17.3 Å². The van der Waals surface area contributed by atoms with E-state index in [4.69, 9.17) is 22.4 Å². The molecule has 0 heterocycles. The van der Waals surface area contributed by atoms with E-state index in [0.29, 0.717) is 10.6 Å². The van der Waals surface area contributed by atoms with E-state index in [1.165, 1.54) is 0 Å². The summed E-state index contributed by atoms with van der Waals surface area (Å²) in [5, 5.41) is 8.62. The molecule has 0 aliphatic carbocycles. The van der Waals surface area contributed by atoms with Crippen LogP contribution in [0.15, 0.2) is 24.3 Å². The molecule has 16 heavy (non-hydrogen) atoms. The monoisotopic (exact) mass is 263 g/mol. The number of hydrogen-bond donors (Lipinski definition) is 2. The van der Waals surface area contributed by atoms with E-state index >= 15 is 0 Å². The van der Waals surface area contributed by atoms with Crippen molar-refractivity contribution in [1.82, 2.24) is 0 Å². The maximum absolute atomic E-state index is 11.4. The van der Waals surface area contributed by atoms with Crippen LogP contribution in [0.1, 0.15) is 11.6 Å². The van der Waals surface area contributed by atoms with Gasteiger partial charge in [-0.3, -0.25) is 0 Å². The molecule has 0 saturated heterocycles. The third-order valence-corrected chi connectivity index (χ3v) is 4.18. The van der Waals surface area contributed by atoms with E-state index < -0.39 is 27.7 Å². The van der Waals surface area contributed by atoms with Crippen LogP contribution in [0.2, 0.25) is 5.02 Å². The zero-order chi connectivity index (χ0) is 12.3. The predicted octanol–water partition coefficient (Wildman–Crippen LogP) is 0.745. The third-order valence-electron chi connectivity index (χ3n) is 2.39. The number of benzene rings is 1. The van der Waals surface area contributed by atoms with Gasteiger partial charge in [0.05, 0.1) is 6.61 Å². The molecule has 1 aromatic carbocycles. The summed E-state index contributed by atoms with van der Waals surface area (Å²) in [6, 6.07) is 5.82. The Morgan fingerprint density at radius 2 is 1.88 bits per heavy atom. The highest BCUT2D eigenvalue weighted by atomic mass is 35.5. The Labute approximate surface area is 100.0 Å². The lowest BCUT2D eigenvalue weighted by molar-refractivity contribution is 0.278. The van der Waals surface area contributed by atoms with Crippen LogP contribution in [-0.4, -0.2) is 31.6 Å². The van der Waals surface area contributed by atoms with E-state index in [0.717, 1.165) is 6.26 Å². The molecule has 0 aromatic heterocycles. The molecular weight excluding hydrogens is 250 g/mol. The van der Waals surface area contributed by atoms with Crippen LogP contribution in [0.5, 0.6) is 0 Å². The molecule has 0 saturated carbocycles. The van der Waals surface area contributed by atoms with Gasteiger partial charge in [0.1, 0.15) is 5.25 Å². The Kier molecular flexibility index (Phi) is 4.32. The van der Waals surface area contributed by atoms with Crippen molar-refractivity contribution in [3.05, 3.63) is 34.9 Å². The maximum atomic E-state index is 11.4. The Hall–Kier alpha value is -0.620. The van der Waals surface area contributed by atoms with Crippen LogP contribution in [0.4, 0.5) is 0 Å². The second kappa shape index (κ2) is 5.14. The van der Waals surface area contributed by atoms with Crippen molar-refractivity contribution in [2.24, 2.45) is 5.73 Å². The second-order valence-corrected chi connectivity index (χ2v) is 6.33. The van der Waals surface area contributed by atoms with Gasteiger partial charge in [-0.25, -0.2) is 8.42 Å². The zero-order valence-electron chi connectivity index (χ0n) is 8.80. The Balaban J connectivity index is 3.00. The van der Waals surface area contributed by atoms with E-state index in [-0.39, 0.29) is 0 Å². The SMILES string of the molecule is CS(=O)(=O)[C@@H](CO)[C@H](N)c1ccc(Cl)cc1. The van der Waals surface area contributed by atoms with Crippen molar-refractivity contribution in [3.63, 3.8) is 0 Å². The number of aliphatic hydroxyl groups excluding tert-OH is 1. The minimum absolute atomic E-state index is 0.497. The highest BCUT2D eigenvalue weighted by Crippen LogP contribution is 2.21.